The first kappa shape index (κ1) is 24.6. The van der Waals surface area contributed by atoms with Gasteiger partial charge in [-0.15, -0.1) is 0 Å². The Hall–Kier alpha value is 0. The Morgan fingerprint density at radius 3 is 2.00 bits per heavy atom. The summed E-state index contributed by atoms with van der Waals surface area (Å²) in [5.74, 6) is 6.50. The molecular weight excluding hydrogens is 360 g/mol. The molecule has 0 aromatic heterocycles. The van der Waals surface area contributed by atoms with E-state index in [2.05, 4.69) is 62.3 Å². The molecule has 3 aliphatic carbocycles. The van der Waals surface area contributed by atoms with E-state index in [4.69, 9.17) is 0 Å². The van der Waals surface area contributed by atoms with E-state index in [1.807, 2.05) is 0 Å². The molecule has 3 fully saturated rings. The normalized spacial score (nSPS) is 44.9. The first-order valence-corrected chi connectivity index (χ1v) is 14.0. The third-order valence-electron chi connectivity index (χ3n) is 11.6. The molecule has 0 aromatic carbocycles. The van der Waals surface area contributed by atoms with Crippen molar-refractivity contribution in [3.8, 4) is 0 Å². The number of hydrogen-bond acceptors (Lipinski definition) is 0. The lowest BCUT2D eigenvalue weighted by molar-refractivity contribution is -0.156. The molecule has 3 aliphatic rings. The van der Waals surface area contributed by atoms with Crippen molar-refractivity contribution in [3.63, 3.8) is 0 Å². The zero-order valence-corrected chi connectivity index (χ0v) is 22.3. The fraction of sp³-hybridized carbons (Fsp3) is 1.00. The molecule has 0 N–H and O–H groups in total. The highest BCUT2D eigenvalue weighted by atomic mass is 14.7. The van der Waals surface area contributed by atoms with Crippen LogP contribution in [0.3, 0.4) is 0 Å². The largest absolute Gasteiger partial charge is 0.0654 e. The van der Waals surface area contributed by atoms with Crippen LogP contribution in [-0.2, 0) is 0 Å². The zero-order valence-electron chi connectivity index (χ0n) is 22.3. The Morgan fingerprint density at radius 2 is 1.40 bits per heavy atom. The predicted molar refractivity (Wildman–Crippen MR) is 134 cm³/mol. The molecule has 8 atom stereocenters. The maximum absolute atomic E-state index is 2.77. The second-order valence-electron chi connectivity index (χ2n) is 13.7. The van der Waals surface area contributed by atoms with E-state index >= 15 is 0 Å². The average molecular weight is 417 g/mol. The quantitative estimate of drug-likeness (QED) is 0.369. The summed E-state index contributed by atoms with van der Waals surface area (Å²) in [7, 11) is 0. The fourth-order valence-corrected chi connectivity index (χ4v) is 9.90. The number of fused-ring (bicyclic) bond motifs is 3. The molecule has 1 unspecified atom stereocenters. The summed E-state index contributed by atoms with van der Waals surface area (Å²) in [6, 6.07) is 0. The van der Waals surface area contributed by atoms with Crippen LogP contribution in [0, 0.1) is 57.7 Å². The summed E-state index contributed by atoms with van der Waals surface area (Å²) < 4.78 is 0. The second kappa shape index (κ2) is 9.09. The van der Waals surface area contributed by atoms with Gasteiger partial charge in [-0.1, -0.05) is 88.0 Å². The molecule has 0 aromatic rings. The van der Waals surface area contributed by atoms with E-state index in [1.165, 1.54) is 70.6 Å². The van der Waals surface area contributed by atoms with Gasteiger partial charge in [0.15, 0.2) is 0 Å². The Labute approximate surface area is 190 Å². The van der Waals surface area contributed by atoms with E-state index in [9.17, 15) is 0 Å². The minimum Gasteiger partial charge on any atom is -0.0654 e. The molecule has 0 amide bonds. The topological polar surface area (TPSA) is 0 Å². The van der Waals surface area contributed by atoms with E-state index in [-0.39, 0.29) is 0 Å². The van der Waals surface area contributed by atoms with E-state index < -0.39 is 0 Å². The van der Waals surface area contributed by atoms with Gasteiger partial charge < -0.3 is 0 Å². The van der Waals surface area contributed by atoms with E-state index in [0.29, 0.717) is 16.2 Å². The van der Waals surface area contributed by atoms with Gasteiger partial charge in [0.05, 0.1) is 0 Å². The highest BCUT2D eigenvalue weighted by Gasteiger charge is 2.65. The van der Waals surface area contributed by atoms with Gasteiger partial charge in [-0.3, -0.25) is 0 Å². The summed E-state index contributed by atoms with van der Waals surface area (Å²) in [6.45, 7) is 23.1. The van der Waals surface area contributed by atoms with Gasteiger partial charge in [0.25, 0.3) is 0 Å². The molecule has 0 spiro atoms. The number of rotatable bonds is 8. The van der Waals surface area contributed by atoms with Crippen molar-refractivity contribution >= 4 is 0 Å². The van der Waals surface area contributed by atoms with Crippen LogP contribution in [0.4, 0.5) is 0 Å². The van der Waals surface area contributed by atoms with Gasteiger partial charge in [-0.25, -0.2) is 0 Å². The van der Waals surface area contributed by atoms with Crippen LogP contribution in [0.25, 0.3) is 0 Å². The molecule has 0 radical (unpaired) electrons. The van der Waals surface area contributed by atoms with Crippen LogP contribution < -0.4 is 0 Å². The second-order valence-corrected chi connectivity index (χ2v) is 13.7. The van der Waals surface area contributed by atoms with Crippen LogP contribution in [0.5, 0.6) is 0 Å². The molecule has 0 bridgehead atoms. The molecule has 30 heavy (non-hydrogen) atoms. The van der Waals surface area contributed by atoms with Gasteiger partial charge in [0.1, 0.15) is 0 Å². The van der Waals surface area contributed by atoms with Crippen molar-refractivity contribution in [1.29, 1.82) is 0 Å². The summed E-state index contributed by atoms with van der Waals surface area (Å²) in [6.07, 6.45) is 16.2. The van der Waals surface area contributed by atoms with E-state index in [1.54, 1.807) is 0 Å². The molecule has 0 heteroatoms. The molecule has 0 nitrogen and oxygen atoms in total. The smallest absolute Gasteiger partial charge is 0.0238 e. The fourth-order valence-electron chi connectivity index (χ4n) is 9.90. The Balaban J connectivity index is 1.82. The maximum Gasteiger partial charge on any atom is -0.0238 e. The predicted octanol–water partition coefficient (Wildman–Crippen LogP) is 9.77. The highest BCUT2D eigenvalue weighted by molar-refractivity contribution is 5.14. The zero-order chi connectivity index (χ0) is 22.3. The van der Waals surface area contributed by atoms with E-state index in [0.717, 1.165) is 41.4 Å². The lowest BCUT2D eigenvalue weighted by Crippen LogP contribution is -2.57. The Morgan fingerprint density at radius 1 is 0.733 bits per heavy atom. The first-order valence-electron chi connectivity index (χ1n) is 14.0. The van der Waals surface area contributed by atoms with Crippen molar-refractivity contribution in [2.45, 2.75) is 133 Å². The Kier molecular flexibility index (Phi) is 7.47. The summed E-state index contributed by atoms with van der Waals surface area (Å²) in [5, 5.41) is 0. The first-order chi connectivity index (χ1) is 14.0. The van der Waals surface area contributed by atoms with Crippen LogP contribution in [0.15, 0.2) is 0 Å². The molecular formula is C30H56. The van der Waals surface area contributed by atoms with Gasteiger partial charge in [0, 0.05) is 0 Å². The SMILES string of the molecule is CCC[C@@]1(C)C(C(C)C)CC[C@@H]2[C@@H]1CC[C@]1(C)[C@@H]([C@H](C)CCCC(C)C)CC[C@@]21C. The summed E-state index contributed by atoms with van der Waals surface area (Å²) >= 11 is 0. The maximum atomic E-state index is 2.77. The molecule has 3 rings (SSSR count). The molecule has 0 heterocycles. The number of hydrogen-bond donors (Lipinski definition) is 0. The van der Waals surface area contributed by atoms with Crippen LogP contribution in [-0.4, -0.2) is 0 Å². The minimum absolute atomic E-state index is 0.580. The highest BCUT2D eigenvalue weighted by Crippen LogP contribution is 2.73. The monoisotopic (exact) mass is 416 g/mol. The van der Waals surface area contributed by atoms with Crippen molar-refractivity contribution in [2.24, 2.45) is 57.7 Å². The summed E-state index contributed by atoms with van der Waals surface area (Å²) in [4.78, 5) is 0. The van der Waals surface area contributed by atoms with Crippen LogP contribution >= 0.6 is 0 Å². The van der Waals surface area contributed by atoms with Crippen molar-refractivity contribution < 1.29 is 0 Å². The lowest BCUT2D eigenvalue weighted by Gasteiger charge is -2.64. The average Bonchev–Trinajstić information content (AvgIpc) is 2.93. The molecule has 176 valence electrons. The third kappa shape index (κ3) is 3.94. The van der Waals surface area contributed by atoms with Crippen LogP contribution in [0.1, 0.15) is 133 Å². The Bertz CT molecular complexity index is 560. The summed E-state index contributed by atoms with van der Waals surface area (Å²) in [5.41, 5.74) is 1.75. The molecule has 0 saturated heterocycles. The van der Waals surface area contributed by atoms with Gasteiger partial charge in [-0.05, 0) is 103 Å². The van der Waals surface area contributed by atoms with Crippen molar-refractivity contribution in [3.05, 3.63) is 0 Å². The minimum atomic E-state index is 0.580. The van der Waals surface area contributed by atoms with Gasteiger partial charge in [-0.2, -0.15) is 0 Å². The standard InChI is InChI=1S/C30H56/c1-10-18-28(7)24(22(4)5)14-15-27-26(28)17-20-29(8)25(16-19-30(27,29)9)23(6)13-11-12-21(2)3/h21-27H,10-20H2,1-9H3/t23-,24?,25-,26+,27-,28+,29-,30+/m1/s1. The third-order valence-corrected chi connectivity index (χ3v) is 11.6. The van der Waals surface area contributed by atoms with Gasteiger partial charge in [0.2, 0.25) is 0 Å². The molecule has 0 aliphatic heterocycles. The molecule has 3 saturated carbocycles. The van der Waals surface area contributed by atoms with Crippen molar-refractivity contribution in [2.75, 3.05) is 0 Å². The van der Waals surface area contributed by atoms with Gasteiger partial charge >= 0.3 is 0 Å². The van der Waals surface area contributed by atoms with Crippen LogP contribution in [0.2, 0.25) is 0 Å². The lowest BCUT2D eigenvalue weighted by atomic mass is 9.40. The van der Waals surface area contributed by atoms with Crippen molar-refractivity contribution in [1.82, 2.24) is 0 Å².